The fourth-order valence-electron chi connectivity index (χ4n) is 4.40. The van der Waals surface area contributed by atoms with E-state index in [4.69, 9.17) is 0 Å². The second-order valence-electron chi connectivity index (χ2n) is 7.88. The van der Waals surface area contributed by atoms with Gasteiger partial charge in [-0.05, 0) is 49.4 Å². The van der Waals surface area contributed by atoms with Crippen LogP contribution in [0.3, 0.4) is 0 Å². The van der Waals surface area contributed by atoms with Gasteiger partial charge >= 0.3 is 0 Å². The van der Waals surface area contributed by atoms with Crippen LogP contribution in [0, 0.1) is 10.8 Å². The average Bonchev–Trinajstić information content (AvgIpc) is 2.45. The largest absolute Gasteiger partial charge is 0.392 e. The molecule has 2 nitrogen and oxygen atoms in total. The van der Waals surface area contributed by atoms with Crippen LogP contribution in [0.2, 0.25) is 0 Å². The van der Waals surface area contributed by atoms with Crippen molar-refractivity contribution in [3.63, 3.8) is 0 Å². The van der Waals surface area contributed by atoms with Crippen molar-refractivity contribution in [2.45, 2.75) is 84.4 Å². The number of aliphatic hydroxyl groups is 1. The first kappa shape index (κ1) is 13.4. The van der Waals surface area contributed by atoms with Crippen LogP contribution < -0.4 is 5.32 Å². The highest BCUT2D eigenvalue weighted by molar-refractivity contribution is 4.95. The van der Waals surface area contributed by atoms with Crippen LogP contribution in [0.25, 0.3) is 0 Å². The molecule has 0 heterocycles. The summed E-state index contributed by atoms with van der Waals surface area (Å²) < 4.78 is 0. The highest BCUT2D eigenvalue weighted by atomic mass is 16.3. The topological polar surface area (TPSA) is 32.3 Å². The molecule has 0 aromatic carbocycles. The van der Waals surface area contributed by atoms with Crippen molar-refractivity contribution in [3.8, 4) is 0 Å². The second-order valence-corrected chi connectivity index (χ2v) is 7.88. The van der Waals surface area contributed by atoms with Crippen molar-refractivity contribution in [1.82, 2.24) is 5.32 Å². The van der Waals surface area contributed by atoms with E-state index >= 15 is 0 Å². The normalized spacial score (nSPS) is 37.2. The average molecular weight is 239 g/mol. The highest BCUT2D eigenvalue weighted by Gasteiger charge is 2.39. The lowest BCUT2D eigenvalue weighted by Crippen LogP contribution is -2.49. The van der Waals surface area contributed by atoms with Crippen LogP contribution in [-0.4, -0.2) is 23.3 Å². The number of aliphatic hydroxyl groups excluding tert-OH is 1. The molecule has 2 atom stereocenters. The van der Waals surface area contributed by atoms with Gasteiger partial charge in [-0.3, -0.25) is 0 Å². The lowest BCUT2D eigenvalue weighted by molar-refractivity contribution is 0.0661. The Bertz CT molecular complexity index is 256. The molecule has 0 aromatic heterocycles. The quantitative estimate of drug-likeness (QED) is 0.776. The molecule has 2 fully saturated rings. The molecule has 0 bridgehead atoms. The Morgan fingerprint density at radius 3 is 2.06 bits per heavy atom. The molecule has 0 saturated heterocycles. The molecule has 2 aliphatic carbocycles. The van der Waals surface area contributed by atoms with Gasteiger partial charge in [-0.2, -0.15) is 0 Å². The Balaban J connectivity index is 1.96. The van der Waals surface area contributed by atoms with E-state index in [0.717, 1.165) is 12.8 Å². The minimum Gasteiger partial charge on any atom is -0.392 e. The van der Waals surface area contributed by atoms with Crippen molar-refractivity contribution in [1.29, 1.82) is 0 Å². The van der Waals surface area contributed by atoms with E-state index in [1.165, 1.54) is 25.7 Å². The van der Waals surface area contributed by atoms with E-state index in [-0.39, 0.29) is 6.10 Å². The van der Waals surface area contributed by atoms with Crippen molar-refractivity contribution >= 4 is 0 Å². The van der Waals surface area contributed by atoms with Crippen LogP contribution in [-0.2, 0) is 0 Å². The molecule has 2 aliphatic rings. The summed E-state index contributed by atoms with van der Waals surface area (Å²) in [5, 5.41) is 13.6. The monoisotopic (exact) mass is 239 g/mol. The molecule has 0 radical (unpaired) electrons. The fraction of sp³-hybridized carbons (Fsp3) is 1.00. The SMILES string of the molecule is CC1(C)CC(N[C@@H]2CCC[C@H]2O)CC(C)(C)C1. The van der Waals surface area contributed by atoms with E-state index < -0.39 is 0 Å². The summed E-state index contributed by atoms with van der Waals surface area (Å²) in [4.78, 5) is 0. The Kier molecular flexibility index (Phi) is 3.57. The van der Waals surface area contributed by atoms with Crippen LogP contribution >= 0.6 is 0 Å². The Morgan fingerprint density at radius 1 is 1.00 bits per heavy atom. The molecule has 2 heteroatoms. The van der Waals surface area contributed by atoms with Gasteiger partial charge in [0.25, 0.3) is 0 Å². The third kappa shape index (κ3) is 3.45. The van der Waals surface area contributed by atoms with E-state index in [1.807, 2.05) is 0 Å². The third-order valence-electron chi connectivity index (χ3n) is 4.48. The molecule has 2 saturated carbocycles. The summed E-state index contributed by atoms with van der Waals surface area (Å²) in [6.07, 6.45) is 7.02. The second kappa shape index (κ2) is 4.55. The van der Waals surface area contributed by atoms with Crippen molar-refractivity contribution in [3.05, 3.63) is 0 Å². The van der Waals surface area contributed by atoms with Gasteiger partial charge in [-0.15, -0.1) is 0 Å². The summed E-state index contributed by atoms with van der Waals surface area (Å²) in [7, 11) is 0. The molecule has 0 aromatic rings. The number of nitrogens with one attached hydrogen (secondary N) is 1. The zero-order valence-electron chi connectivity index (χ0n) is 11.9. The molecule has 2 N–H and O–H groups in total. The Morgan fingerprint density at radius 2 is 1.59 bits per heavy atom. The zero-order valence-corrected chi connectivity index (χ0v) is 11.9. The molecule has 0 unspecified atom stereocenters. The molecular formula is C15H29NO. The number of hydrogen-bond donors (Lipinski definition) is 2. The molecule has 100 valence electrons. The van der Waals surface area contributed by atoms with Gasteiger partial charge in [0.15, 0.2) is 0 Å². The van der Waals surface area contributed by atoms with Crippen LogP contribution in [0.4, 0.5) is 0 Å². The van der Waals surface area contributed by atoms with Gasteiger partial charge in [0.05, 0.1) is 6.10 Å². The van der Waals surface area contributed by atoms with Gasteiger partial charge in [-0.25, -0.2) is 0 Å². The summed E-state index contributed by atoms with van der Waals surface area (Å²) in [6, 6.07) is 0.941. The third-order valence-corrected chi connectivity index (χ3v) is 4.48. The minimum absolute atomic E-state index is 0.108. The molecule has 0 spiro atoms. The summed E-state index contributed by atoms with van der Waals surface area (Å²) in [6.45, 7) is 9.53. The standard InChI is InChI=1S/C15H29NO/c1-14(2)8-11(9-15(3,4)10-14)16-12-6-5-7-13(12)17/h11-13,16-17H,5-10H2,1-4H3/t12-,13-/m1/s1. The lowest BCUT2D eigenvalue weighted by Gasteiger charge is -2.46. The summed E-state index contributed by atoms with van der Waals surface area (Å²) in [5.41, 5.74) is 0.867. The predicted octanol–water partition coefficient (Wildman–Crippen LogP) is 3.09. The maximum atomic E-state index is 9.92. The van der Waals surface area contributed by atoms with Crippen LogP contribution in [0.5, 0.6) is 0 Å². The first-order valence-electron chi connectivity index (χ1n) is 7.22. The first-order chi connectivity index (χ1) is 7.77. The lowest BCUT2D eigenvalue weighted by atomic mass is 9.63. The van der Waals surface area contributed by atoms with Crippen molar-refractivity contribution in [2.75, 3.05) is 0 Å². The minimum atomic E-state index is -0.108. The van der Waals surface area contributed by atoms with Crippen LogP contribution in [0.1, 0.15) is 66.2 Å². The first-order valence-corrected chi connectivity index (χ1v) is 7.22. The molecule has 17 heavy (non-hydrogen) atoms. The van der Waals surface area contributed by atoms with E-state index in [2.05, 4.69) is 33.0 Å². The van der Waals surface area contributed by atoms with Crippen molar-refractivity contribution in [2.24, 2.45) is 10.8 Å². The molecule has 0 aliphatic heterocycles. The van der Waals surface area contributed by atoms with Crippen LogP contribution in [0.15, 0.2) is 0 Å². The maximum Gasteiger partial charge on any atom is 0.0693 e. The molecule has 0 amide bonds. The fourth-order valence-corrected chi connectivity index (χ4v) is 4.40. The maximum absolute atomic E-state index is 9.92. The van der Waals surface area contributed by atoms with E-state index in [0.29, 0.717) is 22.9 Å². The predicted molar refractivity (Wildman–Crippen MR) is 72.0 cm³/mol. The highest BCUT2D eigenvalue weighted by Crippen LogP contribution is 2.46. The van der Waals surface area contributed by atoms with Gasteiger partial charge in [0.2, 0.25) is 0 Å². The van der Waals surface area contributed by atoms with Gasteiger partial charge in [0.1, 0.15) is 0 Å². The molecular weight excluding hydrogens is 210 g/mol. The Hall–Kier alpha value is -0.0800. The number of rotatable bonds is 2. The summed E-state index contributed by atoms with van der Waals surface area (Å²) in [5.74, 6) is 0. The number of hydrogen-bond acceptors (Lipinski definition) is 2. The van der Waals surface area contributed by atoms with E-state index in [1.54, 1.807) is 0 Å². The molecule has 2 rings (SSSR count). The van der Waals surface area contributed by atoms with Gasteiger partial charge < -0.3 is 10.4 Å². The van der Waals surface area contributed by atoms with Gasteiger partial charge in [0, 0.05) is 12.1 Å². The summed E-state index contributed by atoms with van der Waals surface area (Å²) >= 11 is 0. The Labute approximate surface area is 106 Å². The van der Waals surface area contributed by atoms with E-state index in [9.17, 15) is 5.11 Å². The van der Waals surface area contributed by atoms with Crippen molar-refractivity contribution < 1.29 is 5.11 Å². The van der Waals surface area contributed by atoms with Gasteiger partial charge in [-0.1, -0.05) is 27.7 Å². The smallest absolute Gasteiger partial charge is 0.0693 e. The zero-order chi connectivity index (χ0) is 12.7.